The van der Waals surface area contributed by atoms with Gasteiger partial charge in [0.1, 0.15) is 11.2 Å². The Bertz CT molecular complexity index is 936. The zero-order valence-corrected chi connectivity index (χ0v) is 20.5. The summed E-state index contributed by atoms with van der Waals surface area (Å²) in [6.07, 6.45) is 2.31. The molecule has 1 fully saturated rings. The second-order valence-electron chi connectivity index (χ2n) is 8.88. The van der Waals surface area contributed by atoms with Crippen LogP contribution in [0, 0.1) is 12.3 Å². The topological polar surface area (TPSA) is 70.7 Å². The van der Waals surface area contributed by atoms with Gasteiger partial charge in [0.05, 0.1) is 6.04 Å². The first-order valence-corrected chi connectivity index (χ1v) is 12.0. The first kappa shape index (κ1) is 24.8. The molecular formula is C27H37N3O3. The van der Waals surface area contributed by atoms with E-state index in [4.69, 9.17) is 4.74 Å². The molecule has 3 rings (SSSR count). The number of aryl methyl sites for hydroxylation is 1. The molecular weight excluding hydrogens is 414 g/mol. The highest BCUT2D eigenvalue weighted by Crippen LogP contribution is 2.46. The van der Waals surface area contributed by atoms with Gasteiger partial charge in [-0.1, -0.05) is 69.2 Å². The lowest BCUT2D eigenvalue weighted by atomic mass is 9.72. The number of hydrogen-bond acceptors (Lipinski definition) is 4. The van der Waals surface area contributed by atoms with E-state index in [-0.39, 0.29) is 11.9 Å². The van der Waals surface area contributed by atoms with Crippen molar-refractivity contribution in [3.05, 3.63) is 65.2 Å². The van der Waals surface area contributed by atoms with Crippen molar-refractivity contribution in [3.63, 3.8) is 0 Å². The van der Waals surface area contributed by atoms with Crippen LogP contribution < -0.4 is 15.4 Å². The summed E-state index contributed by atoms with van der Waals surface area (Å²) in [7, 11) is 1.90. The lowest BCUT2D eigenvalue weighted by molar-refractivity contribution is -0.191. The molecule has 3 amide bonds. The van der Waals surface area contributed by atoms with Crippen molar-refractivity contribution in [2.75, 3.05) is 7.05 Å². The molecule has 6 heteroatoms. The summed E-state index contributed by atoms with van der Waals surface area (Å²) in [5.74, 6) is 0.487. The lowest BCUT2D eigenvalue weighted by Crippen LogP contribution is -2.73. The molecule has 0 unspecified atom stereocenters. The van der Waals surface area contributed by atoms with Gasteiger partial charge < -0.3 is 15.4 Å². The average molecular weight is 452 g/mol. The Morgan fingerprint density at radius 2 is 1.70 bits per heavy atom. The van der Waals surface area contributed by atoms with Crippen molar-refractivity contribution in [1.82, 2.24) is 15.5 Å². The molecule has 1 aliphatic heterocycles. The molecule has 0 bridgehead atoms. The van der Waals surface area contributed by atoms with Gasteiger partial charge in [-0.05, 0) is 56.5 Å². The van der Waals surface area contributed by atoms with E-state index in [0.29, 0.717) is 18.6 Å². The van der Waals surface area contributed by atoms with Crippen molar-refractivity contribution in [3.8, 4) is 5.75 Å². The minimum absolute atomic E-state index is 0.157. The number of β-lactam (4-membered cyclic amide) rings is 1. The standard InChI is InChI=1S/C27H37N3O3/c1-6-9-23(21-14-10-19(4)11-15-21)29-26(32)30-24(31)27(7-2,8-3)25(30)33-22-16-12-20(13-17-22)18-28-5/h10-17,23,25,28H,6-9,18H2,1-5H3,(H,29,32)/t23-,25+/m1/s1. The third-order valence-corrected chi connectivity index (χ3v) is 6.74. The van der Waals surface area contributed by atoms with E-state index in [0.717, 1.165) is 30.5 Å². The van der Waals surface area contributed by atoms with Gasteiger partial charge in [0.15, 0.2) is 6.23 Å². The third-order valence-electron chi connectivity index (χ3n) is 6.74. The number of benzene rings is 2. The predicted molar refractivity (Wildman–Crippen MR) is 131 cm³/mol. The van der Waals surface area contributed by atoms with Gasteiger partial charge in [-0.25, -0.2) is 9.69 Å². The number of hydrogen-bond donors (Lipinski definition) is 2. The largest absolute Gasteiger partial charge is 0.469 e. The normalized spacial score (nSPS) is 17.9. The van der Waals surface area contributed by atoms with Crippen molar-refractivity contribution in [2.45, 2.75) is 72.2 Å². The minimum Gasteiger partial charge on any atom is -0.469 e. The second kappa shape index (κ2) is 10.8. The highest BCUT2D eigenvalue weighted by atomic mass is 16.5. The number of rotatable bonds is 10. The molecule has 2 N–H and O–H groups in total. The number of imide groups is 1. The molecule has 0 aromatic heterocycles. The number of urea groups is 1. The zero-order chi connectivity index (χ0) is 24.0. The zero-order valence-electron chi connectivity index (χ0n) is 20.5. The summed E-state index contributed by atoms with van der Waals surface area (Å²) in [5, 5.41) is 6.22. The Labute approximate surface area is 197 Å². The van der Waals surface area contributed by atoms with Gasteiger partial charge in [-0.15, -0.1) is 0 Å². The Balaban J connectivity index is 1.81. The number of likely N-dealkylation sites (tertiary alicyclic amines) is 1. The third kappa shape index (κ3) is 5.06. The van der Waals surface area contributed by atoms with Crippen LogP contribution in [-0.4, -0.2) is 30.1 Å². The first-order chi connectivity index (χ1) is 15.9. The van der Waals surface area contributed by atoms with Crippen LogP contribution in [0.25, 0.3) is 0 Å². The van der Waals surface area contributed by atoms with E-state index in [2.05, 4.69) is 17.6 Å². The average Bonchev–Trinajstić information content (AvgIpc) is 2.81. The molecule has 0 aliphatic carbocycles. The van der Waals surface area contributed by atoms with Crippen LogP contribution in [0.4, 0.5) is 4.79 Å². The van der Waals surface area contributed by atoms with E-state index < -0.39 is 17.7 Å². The van der Waals surface area contributed by atoms with Crippen molar-refractivity contribution >= 4 is 11.9 Å². The van der Waals surface area contributed by atoms with E-state index in [1.54, 1.807) is 0 Å². The molecule has 1 heterocycles. The molecule has 1 saturated heterocycles. The Morgan fingerprint density at radius 1 is 1.06 bits per heavy atom. The molecule has 2 atom stereocenters. The number of carbonyl (C=O) groups is 2. The van der Waals surface area contributed by atoms with Gasteiger partial charge in [0.25, 0.3) is 0 Å². The molecule has 6 nitrogen and oxygen atoms in total. The van der Waals surface area contributed by atoms with Gasteiger partial charge in [-0.3, -0.25) is 4.79 Å². The summed E-state index contributed by atoms with van der Waals surface area (Å²) < 4.78 is 6.27. The number of ether oxygens (including phenoxy) is 1. The first-order valence-electron chi connectivity index (χ1n) is 12.0. The maximum Gasteiger partial charge on any atom is 0.327 e. The lowest BCUT2D eigenvalue weighted by Gasteiger charge is -2.53. The molecule has 0 radical (unpaired) electrons. The summed E-state index contributed by atoms with van der Waals surface area (Å²) in [4.78, 5) is 27.8. The maximum atomic E-state index is 13.3. The van der Waals surface area contributed by atoms with Crippen molar-refractivity contribution < 1.29 is 14.3 Å². The fourth-order valence-electron chi connectivity index (χ4n) is 4.55. The van der Waals surface area contributed by atoms with Gasteiger partial charge >= 0.3 is 6.03 Å². The van der Waals surface area contributed by atoms with E-state index in [1.165, 1.54) is 10.5 Å². The molecule has 0 spiro atoms. The number of nitrogens with one attached hydrogen (secondary N) is 2. The molecule has 1 aliphatic rings. The quantitative estimate of drug-likeness (QED) is 0.480. The predicted octanol–water partition coefficient (Wildman–Crippen LogP) is 5.32. The summed E-state index contributed by atoms with van der Waals surface area (Å²) in [5.41, 5.74) is 2.66. The Kier molecular flexibility index (Phi) is 8.14. The second-order valence-corrected chi connectivity index (χ2v) is 8.88. The monoisotopic (exact) mass is 451 g/mol. The van der Waals surface area contributed by atoms with Gasteiger partial charge in [-0.2, -0.15) is 0 Å². The summed E-state index contributed by atoms with van der Waals surface area (Å²) >= 11 is 0. The van der Waals surface area contributed by atoms with Crippen LogP contribution in [0.15, 0.2) is 48.5 Å². The molecule has 2 aromatic rings. The highest BCUT2D eigenvalue weighted by molar-refractivity contribution is 6.03. The molecule has 2 aromatic carbocycles. The number of carbonyl (C=O) groups excluding carboxylic acids is 2. The van der Waals surface area contributed by atoms with Crippen molar-refractivity contribution in [1.29, 1.82) is 0 Å². The van der Waals surface area contributed by atoms with Gasteiger partial charge in [0.2, 0.25) is 5.91 Å². The van der Waals surface area contributed by atoms with E-state index >= 15 is 0 Å². The van der Waals surface area contributed by atoms with Crippen LogP contribution in [0.3, 0.4) is 0 Å². The summed E-state index contributed by atoms with van der Waals surface area (Å²) in [6, 6.07) is 15.4. The number of amides is 3. The van der Waals surface area contributed by atoms with E-state index in [9.17, 15) is 9.59 Å². The Hall–Kier alpha value is -2.86. The van der Waals surface area contributed by atoms with Crippen LogP contribution in [-0.2, 0) is 11.3 Å². The molecule has 0 saturated carbocycles. The van der Waals surface area contributed by atoms with Crippen LogP contribution in [0.1, 0.15) is 69.2 Å². The SMILES string of the molecule is CCC[C@@H](NC(=O)N1C(=O)C(CC)(CC)[C@@H]1Oc1ccc(CNC)cc1)c1ccc(C)cc1. The van der Waals surface area contributed by atoms with Crippen LogP contribution >= 0.6 is 0 Å². The smallest absolute Gasteiger partial charge is 0.327 e. The minimum atomic E-state index is -0.689. The highest BCUT2D eigenvalue weighted by Gasteiger charge is 2.63. The fourth-order valence-corrected chi connectivity index (χ4v) is 4.55. The van der Waals surface area contributed by atoms with Crippen LogP contribution in [0.5, 0.6) is 5.75 Å². The van der Waals surface area contributed by atoms with E-state index in [1.807, 2.05) is 76.3 Å². The fraction of sp³-hybridized carbons (Fsp3) is 0.481. The molecule has 33 heavy (non-hydrogen) atoms. The van der Waals surface area contributed by atoms with Gasteiger partial charge in [0, 0.05) is 6.54 Å². The van der Waals surface area contributed by atoms with Crippen molar-refractivity contribution in [2.24, 2.45) is 5.41 Å². The maximum absolute atomic E-state index is 13.3. The van der Waals surface area contributed by atoms with Crippen LogP contribution in [0.2, 0.25) is 0 Å². The Morgan fingerprint density at radius 3 is 2.24 bits per heavy atom. The number of nitrogens with zero attached hydrogens (tertiary/aromatic N) is 1. The summed E-state index contributed by atoms with van der Waals surface area (Å²) in [6.45, 7) is 8.86. The molecule has 178 valence electrons.